The van der Waals surface area contributed by atoms with Crippen molar-refractivity contribution in [2.45, 2.75) is 50.5 Å². The molecule has 5 nitrogen and oxygen atoms in total. The van der Waals surface area contributed by atoms with Gasteiger partial charge in [0.25, 0.3) is 0 Å². The monoisotopic (exact) mass is 346 g/mol. The molecule has 0 aromatic heterocycles. The molecule has 2 N–H and O–H groups in total. The Morgan fingerprint density at radius 3 is 2.60 bits per heavy atom. The second kappa shape index (κ2) is 8.19. The van der Waals surface area contributed by atoms with Crippen LogP contribution in [0, 0.1) is 5.92 Å². The van der Waals surface area contributed by atoms with Crippen LogP contribution in [0.15, 0.2) is 24.3 Å². The van der Waals surface area contributed by atoms with Crippen molar-refractivity contribution in [2.75, 3.05) is 32.1 Å². The maximum Gasteiger partial charge on any atom is 0.227 e. The van der Waals surface area contributed by atoms with Gasteiger partial charge in [0.2, 0.25) is 5.91 Å². The molecule has 0 spiro atoms. The van der Waals surface area contributed by atoms with E-state index in [0.717, 1.165) is 63.8 Å². The first-order valence-corrected chi connectivity index (χ1v) is 9.48. The quantitative estimate of drug-likeness (QED) is 0.860. The molecular weight excluding hydrogens is 316 g/mol. The number of piperidine rings is 1. The summed E-state index contributed by atoms with van der Waals surface area (Å²) in [5.74, 6) is 0.787. The summed E-state index contributed by atoms with van der Waals surface area (Å²) in [5.41, 5.74) is 0.221. The van der Waals surface area contributed by atoms with Crippen LogP contribution in [0.3, 0.4) is 0 Å². The number of carbonyl (C=O) groups is 1. The van der Waals surface area contributed by atoms with E-state index in [1.807, 2.05) is 24.3 Å². The van der Waals surface area contributed by atoms with Crippen molar-refractivity contribution in [1.29, 1.82) is 0 Å². The van der Waals surface area contributed by atoms with Gasteiger partial charge in [-0.05, 0) is 50.9 Å². The molecule has 1 amide bonds. The van der Waals surface area contributed by atoms with Crippen molar-refractivity contribution in [2.24, 2.45) is 5.92 Å². The van der Waals surface area contributed by atoms with Crippen LogP contribution in [0.5, 0.6) is 5.75 Å². The van der Waals surface area contributed by atoms with Crippen molar-refractivity contribution in [3.63, 3.8) is 0 Å². The van der Waals surface area contributed by atoms with Gasteiger partial charge >= 0.3 is 0 Å². The highest BCUT2D eigenvalue weighted by Crippen LogP contribution is 2.31. The van der Waals surface area contributed by atoms with Gasteiger partial charge in [0.1, 0.15) is 5.75 Å². The number of carbonyl (C=O) groups excluding carboxylic acids is 1. The van der Waals surface area contributed by atoms with E-state index in [-0.39, 0.29) is 11.8 Å². The van der Waals surface area contributed by atoms with E-state index in [9.17, 15) is 9.90 Å². The summed E-state index contributed by atoms with van der Waals surface area (Å²) in [6.45, 7) is 2.52. The lowest BCUT2D eigenvalue weighted by Crippen LogP contribution is -2.48. The molecule has 1 aromatic rings. The van der Waals surface area contributed by atoms with Gasteiger partial charge in [0, 0.05) is 12.5 Å². The second-order valence-corrected chi connectivity index (χ2v) is 7.52. The molecule has 25 heavy (non-hydrogen) atoms. The number of amides is 1. The molecule has 0 atom stereocenters. The molecule has 0 unspecified atom stereocenters. The third kappa shape index (κ3) is 4.73. The van der Waals surface area contributed by atoms with Crippen LogP contribution in [0.2, 0.25) is 0 Å². The van der Waals surface area contributed by atoms with Gasteiger partial charge in [-0.25, -0.2) is 0 Å². The zero-order chi connectivity index (χ0) is 17.7. The van der Waals surface area contributed by atoms with Crippen LogP contribution in [-0.4, -0.2) is 48.3 Å². The second-order valence-electron chi connectivity index (χ2n) is 7.52. The number of hydrogen-bond donors (Lipinski definition) is 2. The highest BCUT2D eigenvalue weighted by molar-refractivity contribution is 5.94. The van der Waals surface area contributed by atoms with E-state index in [0.29, 0.717) is 5.75 Å². The number of para-hydroxylation sites is 2. The van der Waals surface area contributed by atoms with Crippen molar-refractivity contribution in [1.82, 2.24) is 4.90 Å². The fourth-order valence-electron chi connectivity index (χ4n) is 4.12. The van der Waals surface area contributed by atoms with Gasteiger partial charge in [0.05, 0.1) is 18.4 Å². The van der Waals surface area contributed by atoms with Gasteiger partial charge in [-0.1, -0.05) is 31.4 Å². The minimum atomic E-state index is -0.509. The van der Waals surface area contributed by atoms with E-state index in [1.54, 1.807) is 7.11 Å². The van der Waals surface area contributed by atoms with Crippen LogP contribution in [0.1, 0.15) is 44.9 Å². The molecule has 2 aliphatic rings. The summed E-state index contributed by atoms with van der Waals surface area (Å²) < 4.78 is 5.30. The number of ether oxygens (including phenoxy) is 1. The Morgan fingerprint density at radius 1 is 1.24 bits per heavy atom. The SMILES string of the molecule is COc1ccccc1NC(=O)C1CCN(CC2(O)CCCCC2)CC1. The fraction of sp³-hybridized carbons (Fsp3) is 0.650. The number of β-amino-alcohol motifs (C(OH)–C–C–N with tert-alkyl or cyclic N) is 1. The van der Waals surface area contributed by atoms with Gasteiger partial charge in [-0.2, -0.15) is 0 Å². The minimum absolute atomic E-state index is 0.0298. The van der Waals surface area contributed by atoms with E-state index >= 15 is 0 Å². The number of nitrogens with one attached hydrogen (secondary N) is 1. The van der Waals surface area contributed by atoms with Crippen molar-refractivity contribution >= 4 is 11.6 Å². The average molecular weight is 346 g/mol. The lowest BCUT2D eigenvalue weighted by Gasteiger charge is -2.39. The van der Waals surface area contributed by atoms with Crippen LogP contribution >= 0.6 is 0 Å². The lowest BCUT2D eigenvalue weighted by molar-refractivity contribution is -0.121. The minimum Gasteiger partial charge on any atom is -0.495 e. The first-order valence-electron chi connectivity index (χ1n) is 9.48. The zero-order valence-electron chi connectivity index (χ0n) is 15.2. The first kappa shape index (κ1) is 18.2. The van der Waals surface area contributed by atoms with Gasteiger partial charge < -0.3 is 20.1 Å². The Labute approximate surface area is 150 Å². The molecule has 0 radical (unpaired) electrons. The summed E-state index contributed by atoms with van der Waals surface area (Å²) in [4.78, 5) is 14.9. The highest BCUT2D eigenvalue weighted by Gasteiger charge is 2.33. The third-order valence-corrected chi connectivity index (χ3v) is 5.63. The van der Waals surface area contributed by atoms with Crippen molar-refractivity contribution < 1.29 is 14.6 Å². The lowest BCUT2D eigenvalue weighted by atomic mass is 9.84. The van der Waals surface area contributed by atoms with Gasteiger partial charge in [-0.15, -0.1) is 0 Å². The molecule has 1 saturated heterocycles. The third-order valence-electron chi connectivity index (χ3n) is 5.63. The number of likely N-dealkylation sites (tertiary alicyclic amines) is 1. The number of aliphatic hydroxyl groups is 1. The molecule has 3 rings (SSSR count). The smallest absolute Gasteiger partial charge is 0.227 e. The summed E-state index contributed by atoms with van der Waals surface area (Å²) >= 11 is 0. The number of benzene rings is 1. The highest BCUT2D eigenvalue weighted by atomic mass is 16.5. The maximum atomic E-state index is 12.6. The Balaban J connectivity index is 1.49. The average Bonchev–Trinajstić information content (AvgIpc) is 2.63. The predicted molar refractivity (Wildman–Crippen MR) is 98.8 cm³/mol. The van der Waals surface area contributed by atoms with E-state index in [2.05, 4.69) is 10.2 Å². The van der Waals surface area contributed by atoms with Crippen LogP contribution in [0.4, 0.5) is 5.69 Å². The van der Waals surface area contributed by atoms with Crippen molar-refractivity contribution in [3.05, 3.63) is 24.3 Å². The number of rotatable bonds is 5. The number of methoxy groups -OCH3 is 1. The zero-order valence-corrected chi connectivity index (χ0v) is 15.2. The topological polar surface area (TPSA) is 61.8 Å². The standard InChI is InChI=1S/C20H30N2O3/c1-25-18-8-4-3-7-17(18)21-19(23)16-9-13-22(14-10-16)15-20(24)11-5-2-6-12-20/h3-4,7-8,16,24H,2,5-6,9-15H2,1H3,(H,21,23). The normalized spacial score (nSPS) is 21.7. The van der Waals surface area contributed by atoms with Crippen molar-refractivity contribution in [3.8, 4) is 5.75 Å². The molecule has 2 fully saturated rings. The Hall–Kier alpha value is -1.59. The van der Waals surface area contributed by atoms with E-state index < -0.39 is 5.60 Å². The van der Waals surface area contributed by atoms with Gasteiger partial charge in [-0.3, -0.25) is 4.79 Å². The number of anilines is 1. The van der Waals surface area contributed by atoms with E-state index in [1.165, 1.54) is 6.42 Å². The van der Waals surface area contributed by atoms with Crippen LogP contribution in [0.25, 0.3) is 0 Å². The largest absolute Gasteiger partial charge is 0.495 e. The molecule has 138 valence electrons. The molecule has 1 aliphatic heterocycles. The van der Waals surface area contributed by atoms with Crippen LogP contribution < -0.4 is 10.1 Å². The van der Waals surface area contributed by atoms with Gasteiger partial charge in [0.15, 0.2) is 0 Å². The summed E-state index contributed by atoms with van der Waals surface area (Å²) in [6, 6.07) is 7.50. The Kier molecular flexibility index (Phi) is 5.97. The fourth-order valence-corrected chi connectivity index (χ4v) is 4.12. The molecule has 1 heterocycles. The summed E-state index contributed by atoms with van der Waals surface area (Å²) in [7, 11) is 1.61. The summed E-state index contributed by atoms with van der Waals surface area (Å²) in [6.07, 6.45) is 7.03. The number of nitrogens with zero attached hydrogens (tertiary/aromatic N) is 1. The Bertz CT molecular complexity index is 576. The molecule has 5 heteroatoms. The predicted octanol–water partition coefficient (Wildman–Crippen LogP) is 3.04. The molecule has 1 aliphatic carbocycles. The number of hydrogen-bond acceptors (Lipinski definition) is 4. The summed E-state index contributed by atoms with van der Waals surface area (Å²) in [5, 5.41) is 13.7. The van der Waals surface area contributed by atoms with Crippen LogP contribution in [-0.2, 0) is 4.79 Å². The van der Waals surface area contributed by atoms with E-state index in [4.69, 9.17) is 4.74 Å². The molecule has 1 aromatic carbocycles. The molecule has 1 saturated carbocycles. The maximum absolute atomic E-state index is 12.6. The Morgan fingerprint density at radius 2 is 1.92 bits per heavy atom. The molecule has 0 bridgehead atoms. The molecular formula is C20H30N2O3. The first-order chi connectivity index (χ1) is 12.1.